The quantitative estimate of drug-likeness (QED) is 0.882. The third-order valence-corrected chi connectivity index (χ3v) is 5.38. The Hall–Kier alpha value is -1.57. The van der Waals surface area contributed by atoms with E-state index in [4.69, 9.17) is 4.98 Å². The van der Waals surface area contributed by atoms with Crippen LogP contribution in [0.3, 0.4) is 0 Å². The Morgan fingerprint density at radius 2 is 2.09 bits per heavy atom. The Bertz CT molecular complexity index is 699. The van der Waals surface area contributed by atoms with E-state index in [-0.39, 0.29) is 0 Å². The molecule has 1 aliphatic heterocycles. The zero-order chi connectivity index (χ0) is 15.4. The van der Waals surface area contributed by atoms with E-state index in [0.29, 0.717) is 5.56 Å². The summed E-state index contributed by atoms with van der Waals surface area (Å²) in [6.07, 6.45) is 4.11. The molecule has 4 heteroatoms. The van der Waals surface area contributed by atoms with Gasteiger partial charge in [-0.15, -0.1) is 0 Å². The van der Waals surface area contributed by atoms with Gasteiger partial charge in [-0.2, -0.15) is 5.26 Å². The van der Waals surface area contributed by atoms with Crippen LogP contribution in [0.2, 0.25) is 0 Å². The van der Waals surface area contributed by atoms with E-state index in [0.717, 1.165) is 21.7 Å². The molecule has 0 spiro atoms. The molecule has 1 aliphatic rings. The van der Waals surface area contributed by atoms with E-state index in [1.165, 1.54) is 44.5 Å². The number of aromatic nitrogens is 1. The molecular formula is C18H22N3S+. The van der Waals surface area contributed by atoms with Gasteiger partial charge in [0.05, 0.1) is 30.7 Å². The predicted octanol–water partition coefficient (Wildman–Crippen LogP) is 2.58. The summed E-state index contributed by atoms with van der Waals surface area (Å²) >= 11 is 1.73. The fourth-order valence-corrected chi connectivity index (χ4v) is 4.11. The molecule has 2 aromatic rings. The van der Waals surface area contributed by atoms with Crippen molar-refractivity contribution in [2.24, 2.45) is 0 Å². The molecule has 1 saturated heterocycles. The second kappa shape index (κ2) is 7.13. The number of pyridine rings is 1. The van der Waals surface area contributed by atoms with Crippen molar-refractivity contribution in [3.63, 3.8) is 0 Å². The summed E-state index contributed by atoms with van der Waals surface area (Å²) in [5.74, 6) is 1.04. The summed E-state index contributed by atoms with van der Waals surface area (Å²) in [5.41, 5.74) is 2.90. The number of thioether (sulfide) groups is 1. The first kappa shape index (κ1) is 15.3. The minimum absolute atomic E-state index is 0.705. The number of benzene rings is 1. The van der Waals surface area contributed by atoms with Crippen LogP contribution in [0, 0.1) is 18.3 Å². The molecule has 114 valence electrons. The number of quaternary nitrogens is 1. The lowest BCUT2D eigenvalue weighted by Gasteiger charge is -2.23. The van der Waals surface area contributed by atoms with Gasteiger partial charge in [-0.05, 0) is 37.8 Å². The Balaban J connectivity index is 1.74. The van der Waals surface area contributed by atoms with Crippen molar-refractivity contribution in [2.75, 3.05) is 25.4 Å². The first-order valence-corrected chi connectivity index (χ1v) is 9.03. The summed E-state index contributed by atoms with van der Waals surface area (Å²) in [4.78, 5) is 6.46. The van der Waals surface area contributed by atoms with E-state index in [9.17, 15) is 5.26 Å². The highest BCUT2D eigenvalue weighted by atomic mass is 32.2. The minimum Gasteiger partial charge on any atom is -0.334 e. The molecule has 0 bridgehead atoms. The fourth-order valence-electron chi connectivity index (χ4n) is 3.11. The maximum Gasteiger partial charge on any atom is 0.115 e. The van der Waals surface area contributed by atoms with E-state index in [1.54, 1.807) is 16.7 Å². The highest BCUT2D eigenvalue weighted by molar-refractivity contribution is 7.99. The monoisotopic (exact) mass is 312 g/mol. The highest BCUT2D eigenvalue weighted by Crippen LogP contribution is 2.25. The van der Waals surface area contributed by atoms with Gasteiger partial charge in [0.2, 0.25) is 0 Å². The summed E-state index contributed by atoms with van der Waals surface area (Å²) < 4.78 is 0. The Morgan fingerprint density at radius 1 is 1.27 bits per heavy atom. The van der Waals surface area contributed by atoms with E-state index in [2.05, 4.69) is 19.1 Å². The minimum atomic E-state index is 0.705. The van der Waals surface area contributed by atoms with Gasteiger partial charge in [-0.1, -0.05) is 30.0 Å². The molecule has 0 saturated carbocycles. The van der Waals surface area contributed by atoms with E-state index >= 15 is 0 Å². The lowest BCUT2D eigenvalue weighted by molar-refractivity contribution is -0.902. The number of hydrogen-bond acceptors (Lipinski definition) is 3. The van der Waals surface area contributed by atoms with Crippen molar-refractivity contribution in [1.29, 1.82) is 5.26 Å². The van der Waals surface area contributed by atoms with Gasteiger partial charge in [-0.3, -0.25) is 0 Å². The van der Waals surface area contributed by atoms with Crippen LogP contribution in [0.25, 0.3) is 10.9 Å². The zero-order valence-corrected chi connectivity index (χ0v) is 13.9. The second-order valence-electron chi connectivity index (χ2n) is 6.01. The number of nitrogens with zero attached hydrogens (tertiary/aromatic N) is 2. The molecule has 2 heterocycles. The Kier molecular flexibility index (Phi) is 4.97. The van der Waals surface area contributed by atoms with Crippen LogP contribution in [-0.4, -0.2) is 30.4 Å². The van der Waals surface area contributed by atoms with Crippen LogP contribution in [-0.2, 0) is 0 Å². The van der Waals surface area contributed by atoms with Crippen LogP contribution in [0.1, 0.15) is 30.4 Å². The number of rotatable bonds is 4. The predicted molar refractivity (Wildman–Crippen MR) is 91.3 cm³/mol. The number of nitriles is 1. The first-order valence-electron chi connectivity index (χ1n) is 8.05. The molecule has 0 amide bonds. The maximum absolute atomic E-state index is 9.39. The van der Waals surface area contributed by atoms with Gasteiger partial charge in [0, 0.05) is 11.1 Å². The van der Waals surface area contributed by atoms with Gasteiger partial charge in [0.15, 0.2) is 0 Å². The number of piperidine rings is 1. The lowest BCUT2D eigenvalue weighted by Crippen LogP contribution is -3.13. The standard InChI is InChI=1S/C18H21N3S/c1-14-6-5-7-15-12-16(13-19)18(20-17(14)15)22-11-10-21-8-3-2-4-9-21/h5-7,12H,2-4,8-11H2,1H3/p+1. The molecule has 0 unspecified atom stereocenters. The molecule has 0 aliphatic carbocycles. The summed E-state index contributed by atoms with van der Waals surface area (Å²) in [5, 5.41) is 11.3. The fraction of sp³-hybridized carbons (Fsp3) is 0.444. The average molecular weight is 312 g/mol. The molecule has 22 heavy (non-hydrogen) atoms. The average Bonchev–Trinajstić information content (AvgIpc) is 2.56. The normalized spacial score (nSPS) is 15.8. The Morgan fingerprint density at radius 3 is 2.86 bits per heavy atom. The van der Waals surface area contributed by atoms with Gasteiger partial charge < -0.3 is 4.90 Å². The number of para-hydroxylation sites is 1. The molecule has 0 atom stereocenters. The highest BCUT2D eigenvalue weighted by Gasteiger charge is 2.14. The molecule has 1 N–H and O–H groups in total. The SMILES string of the molecule is Cc1cccc2cc(C#N)c(SCC[NH+]3CCCCC3)nc12. The van der Waals surface area contributed by atoms with Crippen LogP contribution in [0.15, 0.2) is 29.3 Å². The van der Waals surface area contributed by atoms with Gasteiger partial charge in [0.25, 0.3) is 0 Å². The van der Waals surface area contributed by atoms with Gasteiger partial charge >= 0.3 is 0 Å². The lowest BCUT2D eigenvalue weighted by atomic mass is 10.1. The van der Waals surface area contributed by atoms with E-state index in [1.807, 2.05) is 18.2 Å². The number of hydrogen-bond donors (Lipinski definition) is 1. The van der Waals surface area contributed by atoms with Crippen LogP contribution < -0.4 is 4.90 Å². The van der Waals surface area contributed by atoms with Crippen molar-refractivity contribution < 1.29 is 4.90 Å². The third kappa shape index (κ3) is 3.43. The molecule has 1 aromatic carbocycles. The smallest absolute Gasteiger partial charge is 0.115 e. The maximum atomic E-state index is 9.39. The van der Waals surface area contributed by atoms with E-state index < -0.39 is 0 Å². The summed E-state index contributed by atoms with van der Waals surface area (Å²) in [7, 11) is 0. The first-order chi connectivity index (χ1) is 10.8. The summed E-state index contributed by atoms with van der Waals surface area (Å²) in [6, 6.07) is 10.4. The topological polar surface area (TPSA) is 41.1 Å². The zero-order valence-electron chi connectivity index (χ0n) is 13.1. The molecule has 3 rings (SSSR count). The number of aryl methyl sites for hydroxylation is 1. The number of likely N-dealkylation sites (tertiary alicyclic amines) is 1. The van der Waals surface area contributed by atoms with Gasteiger partial charge in [-0.25, -0.2) is 4.98 Å². The molecular weight excluding hydrogens is 290 g/mol. The summed E-state index contributed by atoms with van der Waals surface area (Å²) in [6.45, 7) is 5.85. The molecule has 0 radical (unpaired) electrons. The van der Waals surface area contributed by atoms with Crippen molar-refractivity contribution in [2.45, 2.75) is 31.2 Å². The van der Waals surface area contributed by atoms with Crippen LogP contribution >= 0.6 is 11.8 Å². The molecule has 1 fully saturated rings. The third-order valence-electron chi connectivity index (χ3n) is 4.39. The number of fused-ring (bicyclic) bond motifs is 1. The van der Waals surface area contributed by atoms with Crippen molar-refractivity contribution in [3.05, 3.63) is 35.4 Å². The largest absolute Gasteiger partial charge is 0.334 e. The van der Waals surface area contributed by atoms with Crippen molar-refractivity contribution in [1.82, 2.24) is 4.98 Å². The van der Waals surface area contributed by atoms with Crippen molar-refractivity contribution in [3.8, 4) is 6.07 Å². The van der Waals surface area contributed by atoms with Gasteiger partial charge in [0.1, 0.15) is 11.1 Å². The molecule has 3 nitrogen and oxygen atoms in total. The van der Waals surface area contributed by atoms with Crippen LogP contribution in [0.5, 0.6) is 0 Å². The second-order valence-corrected chi connectivity index (χ2v) is 7.09. The number of nitrogens with one attached hydrogen (secondary N) is 1. The van der Waals surface area contributed by atoms with Crippen LogP contribution in [0.4, 0.5) is 0 Å². The molecule has 1 aromatic heterocycles. The Labute approximate surface area is 136 Å². The van der Waals surface area contributed by atoms with Crippen molar-refractivity contribution >= 4 is 22.7 Å².